The monoisotopic (exact) mass is 350 g/mol. The van der Waals surface area contributed by atoms with E-state index in [0.717, 1.165) is 24.1 Å². The second-order valence-corrected chi connectivity index (χ2v) is 7.34. The standard InChI is InChI=1S/C22H26N2O2/c1-14(2)20(24-21(25)19-10-5-4-7-15(19)3)22(26)23-18-12-11-16-8-6-9-17(16)13-18/h4-5,7,10-14,20H,6,8-9H2,1-3H3,(H,23,26)(H,24,25)/t20-/m1/s1. The molecule has 0 aromatic heterocycles. The van der Waals surface area contributed by atoms with Gasteiger partial charge in [-0.2, -0.15) is 0 Å². The second-order valence-electron chi connectivity index (χ2n) is 7.34. The van der Waals surface area contributed by atoms with E-state index in [2.05, 4.69) is 22.8 Å². The summed E-state index contributed by atoms with van der Waals surface area (Å²) in [6, 6.07) is 12.9. The van der Waals surface area contributed by atoms with Gasteiger partial charge in [0.15, 0.2) is 0 Å². The number of anilines is 1. The van der Waals surface area contributed by atoms with Crippen LogP contribution in [0.5, 0.6) is 0 Å². The lowest BCUT2D eigenvalue weighted by molar-refractivity contribution is -0.118. The highest BCUT2D eigenvalue weighted by molar-refractivity contribution is 6.01. The fourth-order valence-electron chi connectivity index (χ4n) is 3.45. The molecule has 2 N–H and O–H groups in total. The number of hydrogen-bond donors (Lipinski definition) is 2. The van der Waals surface area contributed by atoms with Crippen molar-refractivity contribution >= 4 is 17.5 Å². The average molecular weight is 350 g/mol. The lowest BCUT2D eigenvalue weighted by Crippen LogP contribution is -2.47. The van der Waals surface area contributed by atoms with Crippen LogP contribution in [0.3, 0.4) is 0 Å². The lowest BCUT2D eigenvalue weighted by atomic mass is 10.0. The van der Waals surface area contributed by atoms with Gasteiger partial charge in [-0.05, 0) is 67.0 Å². The van der Waals surface area contributed by atoms with Crippen molar-refractivity contribution in [2.75, 3.05) is 5.32 Å². The molecular weight excluding hydrogens is 324 g/mol. The highest BCUT2D eigenvalue weighted by Crippen LogP contribution is 2.25. The molecule has 26 heavy (non-hydrogen) atoms. The van der Waals surface area contributed by atoms with Crippen LogP contribution in [-0.4, -0.2) is 17.9 Å². The number of fused-ring (bicyclic) bond motifs is 1. The van der Waals surface area contributed by atoms with Gasteiger partial charge in [-0.3, -0.25) is 9.59 Å². The van der Waals surface area contributed by atoms with Crippen molar-refractivity contribution in [2.24, 2.45) is 5.92 Å². The molecule has 4 nitrogen and oxygen atoms in total. The maximum Gasteiger partial charge on any atom is 0.252 e. The number of benzene rings is 2. The summed E-state index contributed by atoms with van der Waals surface area (Å²) in [4.78, 5) is 25.4. The Hall–Kier alpha value is -2.62. The molecule has 4 heteroatoms. The molecule has 2 amide bonds. The van der Waals surface area contributed by atoms with E-state index in [9.17, 15) is 9.59 Å². The number of aryl methyl sites for hydroxylation is 3. The molecule has 2 aromatic rings. The molecule has 1 aliphatic rings. The third kappa shape index (κ3) is 3.96. The zero-order chi connectivity index (χ0) is 18.7. The number of carbonyl (C=O) groups is 2. The molecule has 0 saturated carbocycles. The van der Waals surface area contributed by atoms with Crippen molar-refractivity contribution in [3.63, 3.8) is 0 Å². The van der Waals surface area contributed by atoms with Gasteiger partial charge in [-0.1, -0.05) is 38.1 Å². The summed E-state index contributed by atoms with van der Waals surface area (Å²) in [6.45, 7) is 5.76. The van der Waals surface area contributed by atoms with Crippen LogP contribution >= 0.6 is 0 Å². The number of nitrogens with one attached hydrogen (secondary N) is 2. The zero-order valence-electron chi connectivity index (χ0n) is 15.6. The first-order valence-electron chi connectivity index (χ1n) is 9.25. The molecule has 2 aromatic carbocycles. The third-order valence-corrected chi connectivity index (χ3v) is 4.99. The minimum Gasteiger partial charge on any atom is -0.340 e. The van der Waals surface area contributed by atoms with Gasteiger partial charge in [-0.25, -0.2) is 0 Å². The van der Waals surface area contributed by atoms with Crippen molar-refractivity contribution in [3.8, 4) is 0 Å². The molecule has 1 atom stereocenters. The lowest BCUT2D eigenvalue weighted by Gasteiger charge is -2.22. The molecule has 0 fully saturated rings. The minimum absolute atomic E-state index is 0.0163. The number of amides is 2. The molecule has 1 aliphatic carbocycles. The topological polar surface area (TPSA) is 58.2 Å². The van der Waals surface area contributed by atoms with Crippen molar-refractivity contribution in [1.29, 1.82) is 0 Å². The summed E-state index contributed by atoms with van der Waals surface area (Å²) >= 11 is 0. The maximum absolute atomic E-state index is 12.8. The van der Waals surface area contributed by atoms with Crippen LogP contribution in [0.2, 0.25) is 0 Å². The predicted octanol–water partition coefficient (Wildman–Crippen LogP) is 3.88. The fourth-order valence-corrected chi connectivity index (χ4v) is 3.45. The Kier molecular flexibility index (Phi) is 5.40. The molecule has 136 valence electrons. The SMILES string of the molecule is Cc1ccccc1C(=O)N[C@@H](C(=O)Nc1ccc2c(c1)CCC2)C(C)C. The average Bonchev–Trinajstić information content (AvgIpc) is 3.07. The summed E-state index contributed by atoms with van der Waals surface area (Å²) < 4.78 is 0. The first-order valence-corrected chi connectivity index (χ1v) is 9.25. The predicted molar refractivity (Wildman–Crippen MR) is 104 cm³/mol. The van der Waals surface area contributed by atoms with E-state index < -0.39 is 6.04 Å². The Morgan fingerprint density at radius 1 is 1.00 bits per heavy atom. The summed E-state index contributed by atoms with van der Waals surface area (Å²) in [5.41, 5.74) is 4.98. The maximum atomic E-state index is 12.8. The van der Waals surface area contributed by atoms with Crippen LogP contribution in [0.25, 0.3) is 0 Å². The van der Waals surface area contributed by atoms with Crippen LogP contribution in [-0.2, 0) is 17.6 Å². The molecule has 0 aliphatic heterocycles. The second kappa shape index (κ2) is 7.73. The van der Waals surface area contributed by atoms with Gasteiger partial charge in [0.05, 0.1) is 0 Å². The molecule has 0 saturated heterocycles. The molecule has 0 spiro atoms. The normalized spacial score (nSPS) is 14.0. The zero-order valence-corrected chi connectivity index (χ0v) is 15.6. The molecule has 3 rings (SSSR count). The molecule has 0 bridgehead atoms. The van der Waals surface area contributed by atoms with Gasteiger partial charge in [0, 0.05) is 11.3 Å². The van der Waals surface area contributed by atoms with E-state index in [4.69, 9.17) is 0 Å². The van der Waals surface area contributed by atoms with E-state index >= 15 is 0 Å². The Morgan fingerprint density at radius 2 is 1.73 bits per heavy atom. The Bertz CT molecular complexity index is 827. The summed E-state index contributed by atoms with van der Waals surface area (Å²) in [7, 11) is 0. The van der Waals surface area contributed by atoms with Gasteiger partial charge in [-0.15, -0.1) is 0 Å². The number of rotatable bonds is 5. The first kappa shape index (κ1) is 18.2. The number of hydrogen-bond acceptors (Lipinski definition) is 2. The van der Waals surface area contributed by atoms with Crippen molar-refractivity contribution < 1.29 is 9.59 Å². The van der Waals surface area contributed by atoms with Gasteiger partial charge >= 0.3 is 0 Å². The van der Waals surface area contributed by atoms with Gasteiger partial charge < -0.3 is 10.6 Å². The summed E-state index contributed by atoms with van der Waals surface area (Å²) in [5.74, 6) is -0.414. The van der Waals surface area contributed by atoms with E-state index in [-0.39, 0.29) is 17.7 Å². The Labute approximate surface area is 155 Å². The van der Waals surface area contributed by atoms with Crippen LogP contribution in [0.15, 0.2) is 42.5 Å². The van der Waals surface area contributed by atoms with Gasteiger partial charge in [0.25, 0.3) is 5.91 Å². The van der Waals surface area contributed by atoms with Crippen LogP contribution in [0.1, 0.15) is 47.3 Å². The fraction of sp³-hybridized carbons (Fsp3) is 0.364. The van der Waals surface area contributed by atoms with Crippen molar-refractivity contribution in [2.45, 2.75) is 46.1 Å². The van der Waals surface area contributed by atoms with Gasteiger partial charge in [0.1, 0.15) is 6.04 Å². The molecule has 0 radical (unpaired) electrons. The Balaban J connectivity index is 1.72. The van der Waals surface area contributed by atoms with Crippen LogP contribution < -0.4 is 10.6 Å². The van der Waals surface area contributed by atoms with Crippen LogP contribution in [0.4, 0.5) is 5.69 Å². The Morgan fingerprint density at radius 3 is 2.46 bits per heavy atom. The smallest absolute Gasteiger partial charge is 0.252 e. The highest BCUT2D eigenvalue weighted by atomic mass is 16.2. The van der Waals surface area contributed by atoms with Gasteiger partial charge in [0.2, 0.25) is 5.91 Å². The molecular formula is C22H26N2O2. The van der Waals surface area contributed by atoms with Crippen molar-refractivity contribution in [1.82, 2.24) is 5.32 Å². The number of carbonyl (C=O) groups excluding carboxylic acids is 2. The van der Waals surface area contributed by atoms with Crippen molar-refractivity contribution in [3.05, 3.63) is 64.7 Å². The molecule has 0 heterocycles. The molecule has 0 unspecified atom stereocenters. The van der Waals surface area contributed by atoms with E-state index in [0.29, 0.717) is 5.56 Å². The van der Waals surface area contributed by atoms with Crippen LogP contribution in [0, 0.1) is 12.8 Å². The quantitative estimate of drug-likeness (QED) is 0.860. The largest absolute Gasteiger partial charge is 0.340 e. The first-order chi connectivity index (χ1) is 12.5. The minimum atomic E-state index is -0.588. The summed E-state index contributed by atoms with van der Waals surface area (Å²) in [6.07, 6.45) is 3.36. The van der Waals surface area contributed by atoms with E-state index in [1.807, 2.05) is 45.0 Å². The highest BCUT2D eigenvalue weighted by Gasteiger charge is 2.25. The van der Waals surface area contributed by atoms with E-state index in [1.54, 1.807) is 6.07 Å². The van der Waals surface area contributed by atoms with E-state index in [1.165, 1.54) is 17.5 Å². The third-order valence-electron chi connectivity index (χ3n) is 4.99. The summed E-state index contributed by atoms with van der Waals surface area (Å²) in [5, 5.41) is 5.87.